The minimum absolute atomic E-state index is 0.0220. The molecule has 4 rings (SSSR count). The second-order valence-corrected chi connectivity index (χ2v) is 8.37. The summed E-state index contributed by atoms with van der Waals surface area (Å²) in [4.78, 5) is 27.3. The van der Waals surface area contributed by atoms with E-state index in [2.05, 4.69) is 10.4 Å². The Labute approximate surface area is 182 Å². The van der Waals surface area contributed by atoms with Crippen LogP contribution in [0.15, 0.2) is 48.7 Å². The number of aryl methyl sites for hydroxylation is 2. The van der Waals surface area contributed by atoms with Crippen LogP contribution in [0.2, 0.25) is 0 Å². The van der Waals surface area contributed by atoms with Crippen LogP contribution < -0.4 is 5.32 Å². The largest absolute Gasteiger partial charge is 0.332 e. The molecule has 0 radical (unpaired) electrons. The number of hydrogen-bond donors (Lipinski definition) is 1. The second kappa shape index (κ2) is 8.38. The van der Waals surface area contributed by atoms with Crippen LogP contribution in [0.1, 0.15) is 51.5 Å². The minimum Gasteiger partial charge on any atom is -0.332 e. The van der Waals surface area contributed by atoms with E-state index in [1.807, 2.05) is 67.9 Å². The van der Waals surface area contributed by atoms with Gasteiger partial charge in [0.25, 0.3) is 5.91 Å². The molecular formula is C25H28N4O2. The first kappa shape index (κ1) is 20.8. The SMILES string of the molecule is Cc1ccccc1-n1ncc(C(=O)N(C)CC(=O)Nc2cccc(C)c2C)c1C1CC1. The van der Waals surface area contributed by atoms with Gasteiger partial charge in [-0.3, -0.25) is 9.59 Å². The number of anilines is 1. The highest BCUT2D eigenvalue weighted by Gasteiger charge is 2.34. The Balaban J connectivity index is 1.53. The molecule has 1 aromatic heterocycles. The molecule has 160 valence electrons. The predicted molar refractivity (Wildman–Crippen MR) is 122 cm³/mol. The van der Waals surface area contributed by atoms with Gasteiger partial charge >= 0.3 is 0 Å². The van der Waals surface area contributed by atoms with Gasteiger partial charge in [-0.25, -0.2) is 4.68 Å². The number of carbonyl (C=O) groups excluding carboxylic acids is 2. The first-order valence-electron chi connectivity index (χ1n) is 10.6. The molecule has 31 heavy (non-hydrogen) atoms. The molecule has 2 aromatic carbocycles. The molecule has 1 heterocycles. The van der Waals surface area contributed by atoms with Gasteiger partial charge in [-0.05, 0) is 62.4 Å². The Bertz CT molecular complexity index is 1140. The summed E-state index contributed by atoms with van der Waals surface area (Å²) in [5, 5.41) is 7.47. The van der Waals surface area contributed by atoms with Crippen molar-refractivity contribution in [2.75, 3.05) is 18.9 Å². The quantitative estimate of drug-likeness (QED) is 0.648. The molecule has 0 bridgehead atoms. The Kier molecular flexibility index (Phi) is 5.63. The van der Waals surface area contributed by atoms with Crippen molar-refractivity contribution in [1.82, 2.24) is 14.7 Å². The summed E-state index contributed by atoms with van der Waals surface area (Å²) in [6, 6.07) is 13.8. The Morgan fingerprint density at radius 3 is 2.48 bits per heavy atom. The van der Waals surface area contributed by atoms with Crippen molar-refractivity contribution in [3.63, 3.8) is 0 Å². The highest BCUT2D eigenvalue weighted by molar-refractivity contribution is 6.00. The van der Waals surface area contributed by atoms with Crippen molar-refractivity contribution >= 4 is 17.5 Å². The van der Waals surface area contributed by atoms with Crippen LogP contribution in [0.25, 0.3) is 5.69 Å². The van der Waals surface area contributed by atoms with E-state index in [0.717, 1.165) is 46.6 Å². The van der Waals surface area contributed by atoms with Crippen molar-refractivity contribution in [1.29, 1.82) is 0 Å². The lowest BCUT2D eigenvalue weighted by Gasteiger charge is -2.18. The average Bonchev–Trinajstić information content (AvgIpc) is 3.49. The molecule has 0 spiro atoms. The molecule has 1 N–H and O–H groups in total. The minimum atomic E-state index is -0.219. The summed E-state index contributed by atoms with van der Waals surface area (Å²) >= 11 is 0. The Morgan fingerprint density at radius 1 is 1.06 bits per heavy atom. The van der Waals surface area contributed by atoms with Gasteiger partial charge in [-0.15, -0.1) is 0 Å². The Hall–Kier alpha value is -3.41. The van der Waals surface area contributed by atoms with Gasteiger partial charge in [-0.2, -0.15) is 5.10 Å². The number of amides is 2. The molecule has 0 saturated heterocycles. The van der Waals surface area contributed by atoms with Gasteiger partial charge in [0, 0.05) is 18.7 Å². The van der Waals surface area contributed by atoms with E-state index < -0.39 is 0 Å². The van der Waals surface area contributed by atoms with Gasteiger partial charge in [0.1, 0.15) is 0 Å². The molecule has 0 unspecified atom stereocenters. The van der Waals surface area contributed by atoms with Gasteiger partial charge in [0.2, 0.25) is 5.91 Å². The fourth-order valence-corrected chi connectivity index (χ4v) is 3.83. The van der Waals surface area contributed by atoms with E-state index >= 15 is 0 Å². The van der Waals surface area contributed by atoms with Gasteiger partial charge < -0.3 is 10.2 Å². The number of likely N-dealkylation sites (N-methyl/N-ethyl adjacent to an activating group) is 1. The summed E-state index contributed by atoms with van der Waals surface area (Å²) in [5.41, 5.74) is 6.53. The van der Waals surface area contributed by atoms with Crippen molar-refractivity contribution in [2.45, 2.75) is 39.5 Å². The topological polar surface area (TPSA) is 67.2 Å². The molecule has 0 aliphatic heterocycles. The number of aromatic nitrogens is 2. The molecule has 0 atom stereocenters. The van der Waals surface area contributed by atoms with Gasteiger partial charge in [-0.1, -0.05) is 30.3 Å². The third-order valence-electron chi connectivity index (χ3n) is 5.95. The number of carbonyl (C=O) groups is 2. The summed E-state index contributed by atoms with van der Waals surface area (Å²) in [5.74, 6) is -0.0695. The molecule has 1 aliphatic carbocycles. The molecule has 6 heteroatoms. The first-order valence-corrected chi connectivity index (χ1v) is 10.6. The highest BCUT2D eigenvalue weighted by atomic mass is 16.2. The molecule has 6 nitrogen and oxygen atoms in total. The van der Waals surface area contributed by atoms with E-state index in [1.165, 1.54) is 4.90 Å². The maximum Gasteiger partial charge on any atom is 0.257 e. The fourth-order valence-electron chi connectivity index (χ4n) is 3.83. The van der Waals surface area contributed by atoms with Crippen molar-refractivity contribution in [3.05, 3.63) is 76.6 Å². The van der Waals surface area contributed by atoms with Crippen LogP contribution in [-0.4, -0.2) is 40.1 Å². The zero-order valence-corrected chi connectivity index (χ0v) is 18.5. The number of para-hydroxylation sites is 1. The molecule has 2 amide bonds. The third kappa shape index (κ3) is 4.24. The standard InChI is InChI=1S/C25H28N4O2/c1-16-9-7-10-21(18(16)3)27-23(30)15-28(4)25(31)20-14-26-29(24(20)19-12-13-19)22-11-6-5-8-17(22)2/h5-11,14,19H,12-13,15H2,1-4H3,(H,27,30). The lowest BCUT2D eigenvalue weighted by Crippen LogP contribution is -2.35. The van der Waals surface area contributed by atoms with Crippen molar-refractivity contribution in [2.24, 2.45) is 0 Å². The number of hydrogen-bond acceptors (Lipinski definition) is 3. The molecular weight excluding hydrogens is 388 g/mol. The van der Waals surface area contributed by atoms with Crippen LogP contribution in [0.4, 0.5) is 5.69 Å². The predicted octanol–water partition coefficient (Wildman–Crippen LogP) is 4.39. The number of benzene rings is 2. The molecule has 1 aliphatic rings. The highest BCUT2D eigenvalue weighted by Crippen LogP contribution is 2.43. The van der Waals surface area contributed by atoms with Crippen molar-refractivity contribution < 1.29 is 9.59 Å². The number of rotatable bonds is 6. The van der Waals surface area contributed by atoms with Gasteiger partial charge in [0.15, 0.2) is 0 Å². The van der Waals surface area contributed by atoms with E-state index in [1.54, 1.807) is 13.2 Å². The molecule has 1 saturated carbocycles. The zero-order valence-electron chi connectivity index (χ0n) is 18.5. The summed E-state index contributed by atoms with van der Waals surface area (Å²) in [6.07, 6.45) is 3.74. The maximum atomic E-state index is 13.2. The monoisotopic (exact) mass is 416 g/mol. The number of nitrogens with zero attached hydrogens (tertiary/aromatic N) is 3. The van der Waals surface area contributed by atoms with Crippen LogP contribution in [-0.2, 0) is 4.79 Å². The van der Waals surface area contributed by atoms with Crippen LogP contribution in [0.3, 0.4) is 0 Å². The van der Waals surface area contributed by atoms with E-state index in [-0.39, 0.29) is 18.4 Å². The van der Waals surface area contributed by atoms with Crippen LogP contribution in [0, 0.1) is 20.8 Å². The van der Waals surface area contributed by atoms with Gasteiger partial charge in [0.05, 0.1) is 29.7 Å². The van der Waals surface area contributed by atoms with E-state index in [0.29, 0.717) is 11.5 Å². The zero-order chi connectivity index (χ0) is 22.1. The second-order valence-electron chi connectivity index (χ2n) is 8.37. The van der Waals surface area contributed by atoms with Crippen LogP contribution in [0.5, 0.6) is 0 Å². The summed E-state index contributed by atoms with van der Waals surface area (Å²) in [6.45, 7) is 6.00. The summed E-state index contributed by atoms with van der Waals surface area (Å²) < 4.78 is 1.89. The maximum absolute atomic E-state index is 13.2. The smallest absolute Gasteiger partial charge is 0.257 e. The van der Waals surface area contributed by atoms with E-state index in [9.17, 15) is 9.59 Å². The van der Waals surface area contributed by atoms with Crippen molar-refractivity contribution in [3.8, 4) is 5.69 Å². The molecule has 1 fully saturated rings. The lowest BCUT2D eigenvalue weighted by atomic mass is 10.1. The lowest BCUT2D eigenvalue weighted by molar-refractivity contribution is -0.116. The fraction of sp³-hybridized carbons (Fsp3) is 0.320. The first-order chi connectivity index (χ1) is 14.9. The van der Waals surface area contributed by atoms with E-state index in [4.69, 9.17) is 0 Å². The molecule has 3 aromatic rings. The summed E-state index contributed by atoms with van der Waals surface area (Å²) in [7, 11) is 1.66. The number of nitrogens with one attached hydrogen (secondary N) is 1. The Morgan fingerprint density at radius 2 is 1.77 bits per heavy atom. The van der Waals surface area contributed by atoms with Crippen LogP contribution >= 0.6 is 0 Å². The average molecular weight is 417 g/mol. The normalized spacial score (nSPS) is 13.2. The third-order valence-corrected chi connectivity index (χ3v) is 5.95.